The molecule has 0 saturated carbocycles. The molecular formula is C21H35N3OS. The summed E-state index contributed by atoms with van der Waals surface area (Å²) >= 11 is 1.76. The number of nitrogens with one attached hydrogen (secondary N) is 2. The van der Waals surface area contributed by atoms with Gasteiger partial charge in [-0.1, -0.05) is 40.2 Å². The number of hydrogen-bond donors (Lipinski definition) is 2. The van der Waals surface area contributed by atoms with E-state index >= 15 is 0 Å². The summed E-state index contributed by atoms with van der Waals surface area (Å²) in [5.41, 5.74) is 2.23. The molecule has 1 rings (SSSR count). The highest BCUT2D eigenvalue weighted by molar-refractivity contribution is 7.99. The number of thioether (sulfide) groups is 1. The Morgan fingerprint density at radius 2 is 2.04 bits per heavy atom. The monoisotopic (exact) mass is 377 g/mol. The zero-order valence-electron chi connectivity index (χ0n) is 17.0. The van der Waals surface area contributed by atoms with E-state index in [1.165, 1.54) is 5.56 Å². The molecule has 0 aliphatic heterocycles. The lowest BCUT2D eigenvalue weighted by Crippen LogP contribution is -2.45. The van der Waals surface area contributed by atoms with Crippen LogP contribution in [-0.4, -0.2) is 38.0 Å². The number of nitrogens with zero attached hydrogens (tertiary/aromatic N) is 1. The number of amides is 1. The Hall–Kier alpha value is -1.33. The molecule has 0 fully saturated rings. The predicted octanol–water partition coefficient (Wildman–Crippen LogP) is 4.76. The summed E-state index contributed by atoms with van der Waals surface area (Å²) in [6.45, 7) is 13.2. The molecule has 146 valence electrons. The van der Waals surface area contributed by atoms with Crippen LogP contribution in [0.2, 0.25) is 0 Å². The first kappa shape index (κ1) is 22.7. The van der Waals surface area contributed by atoms with Crippen LogP contribution in [0.4, 0.5) is 5.69 Å². The quantitative estimate of drug-likeness (QED) is 0.313. The molecule has 0 bridgehead atoms. The van der Waals surface area contributed by atoms with E-state index in [0.29, 0.717) is 18.3 Å². The summed E-state index contributed by atoms with van der Waals surface area (Å²) < 4.78 is 0. The average Bonchev–Trinajstić information content (AvgIpc) is 2.63. The summed E-state index contributed by atoms with van der Waals surface area (Å²) in [6, 6.07) is 6.55. The minimum Gasteiger partial charge on any atom is -0.352 e. The van der Waals surface area contributed by atoms with Gasteiger partial charge in [0.05, 0.1) is 5.69 Å². The summed E-state index contributed by atoms with van der Waals surface area (Å²) in [4.78, 5) is 17.5. The van der Waals surface area contributed by atoms with Crippen LogP contribution in [0.1, 0.15) is 58.4 Å². The molecule has 0 aliphatic carbocycles. The Kier molecular flexibility index (Phi) is 10.6. The van der Waals surface area contributed by atoms with Crippen molar-refractivity contribution in [3.63, 3.8) is 0 Å². The maximum absolute atomic E-state index is 12.2. The third-order valence-corrected chi connectivity index (χ3v) is 5.86. The molecule has 4 nitrogen and oxygen atoms in total. The van der Waals surface area contributed by atoms with Crippen LogP contribution in [0.3, 0.4) is 0 Å². The van der Waals surface area contributed by atoms with Gasteiger partial charge in [-0.3, -0.25) is 9.79 Å². The number of carbonyl (C=O) groups is 1. The molecule has 0 spiro atoms. The smallest absolute Gasteiger partial charge is 0.220 e. The van der Waals surface area contributed by atoms with Crippen molar-refractivity contribution in [3.05, 3.63) is 23.8 Å². The number of carbonyl (C=O) groups excluding carboxylic acids is 1. The van der Waals surface area contributed by atoms with Gasteiger partial charge in [-0.25, -0.2) is 0 Å². The topological polar surface area (TPSA) is 53.5 Å². The number of hydrogen-bond acceptors (Lipinski definition) is 4. The summed E-state index contributed by atoms with van der Waals surface area (Å²) in [5, 5.41) is 6.34. The highest BCUT2D eigenvalue weighted by Crippen LogP contribution is 2.32. The van der Waals surface area contributed by atoms with Crippen molar-refractivity contribution in [1.29, 1.82) is 0 Å². The van der Waals surface area contributed by atoms with Crippen molar-refractivity contribution in [2.24, 2.45) is 10.9 Å². The molecule has 0 radical (unpaired) electrons. The van der Waals surface area contributed by atoms with Crippen LogP contribution in [0.25, 0.3) is 0 Å². The SMILES string of the molecule is C=Nc1ccc(C(C)C)cc1SCCCC(=O)NC(CNC)C(C)CC. The second-order valence-electron chi connectivity index (χ2n) is 7.11. The van der Waals surface area contributed by atoms with E-state index in [0.717, 1.165) is 35.7 Å². The maximum atomic E-state index is 12.2. The van der Waals surface area contributed by atoms with Gasteiger partial charge < -0.3 is 10.6 Å². The van der Waals surface area contributed by atoms with Crippen molar-refractivity contribution < 1.29 is 4.79 Å². The van der Waals surface area contributed by atoms with E-state index < -0.39 is 0 Å². The third-order valence-electron chi connectivity index (χ3n) is 4.73. The van der Waals surface area contributed by atoms with Crippen LogP contribution < -0.4 is 10.6 Å². The molecule has 0 heterocycles. The molecule has 5 heteroatoms. The Morgan fingerprint density at radius 1 is 1.31 bits per heavy atom. The lowest BCUT2D eigenvalue weighted by molar-refractivity contribution is -0.122. The average molecular weight is 378 g/mol. The zero-order valence-corrected chi connectivity index (χ0v) is 17.8. The highest BCUT2D eigenvalue weighted by Gasteiger charge is 2.17. The van der Waals surface area contributed by atoms with Gasteiger partial charge in [0, 0.05) is 23.9 Å². The predicted molar refractivity (Wildman–Crippen MR) is 115 cm³/mol. The molecule has 0 aliphatic rings. The largest absolute Gasteiger partial charge is 0.352 e. The van der Waals surface area contributed by atoms with Gasteiger partial charge in [-0.05, 0) is 55.5 Å². The molecule has 2 N–H and O–H groups in total. The molecule has 0 saturated heterocycles. The van der Waals surface area contributed by atoms with Gasteiger partial charge in [0.2, 0.25) is 5.91 Å². The van der Waals surface area contributed by atoms with Crippen LogP contribution in [-0.2, 0) is 4.79 Å². The van der Waals surface area contributed by atoms with Crippen LogP contribution in [0.15, 0.2) is 28.1 Å². The number of aliphatic imine (C=N–C) groups is 1. The first-order valence-electron chi connectivity index (χ1n) is 9.60. The van der Waals surface area contributed by atoms with E-state index in [9.17, 15) is 4.79 Å². The Morgan fingerprint density at radius 3 is 2.62 bits per heavy atom. The lowest BCUT2D eigenvalue weighted by Gasteiger charge is -2.24. The molecule has 1 amide bonds. The highest BCUT2D eigenvalue weighted by atomic mass is 32.2. The van der Waals surface area contributed by atoms with Crippen molar-refractivity contribution in [1.82, 2.24) is 10.6 Å². The second kappa shape index (κ2) is 12.1. The first-order valence-corrected chi connectivity index (χ1v) is 10.6. The second-order valence-corrected chi connectivity index (χ2v) is 8.25. The third kappa shape index (κ3) is 7.50. The standard InChI is InChI=1S/C21H35N3OS/c1-7-16(4)19(14-22-5)24-21(25)9-8-12-26-20-13-17(15(2)3)10-11-18(20)23-6/h10-11,13,15-16,19,22H,6-9,12,14H2,1-5H3,(H,24,25). The van der Waals surface area contributed by atoms with E-state index in [1.807, 2.05) is 13.1 Å². The molecule has 26 heavy (non-hydrogen) atoms. The van der Waals surface area contributed by atoms with Gasteiger partial charge in [0.1, 0.15) is 0 Å². The first-order chi connectivity index (χ1) is 12.4. The number of likely N-dealkylation sites (N-methyl/N-ethyl adjacent to an activating group) is 1. The van der Waals surface area contributed by atoms with Gasteiger partial charge in [0.15, 0.2) is 0 Å². The summed E-state index contributed by atoms with van der Waals surface area (Å²) in [7, 11) is 1.93. The van der Waals surface area contributed by atoms with Crippen molar-refractivity contribution in [2.75, 3.05) is 19.3 Å². The van der Waals surface area contributed by atoms with Crippen LogP contribution >= 0.6 is 11.8 Å². The summed E-state index contributed by atoms with van der Waals surface area (Å²) in [6.07, 6.45) is 2.47. The molecule has 2 atom stereocenters. The van der Waals surface area contributed by atoms with Crippen molar-refractivity contribution >= 4 is 30.1 Å². The van der Waals surface area contributed by atoms with E-state index in [2.05, 4.69) is 62.2 Å². The summed E-state index contributed by atoms with van der Waals surface area (Å²) in [5.74, 6) is 2.01. The molecule has 0 aromatic heterocycles. The van der Waals surface area contributed by atoms with Gasteiger partial charge >= 0.3 is 0 Å². The normalized spacial score (nSPS) is 13.5. The van der Waals surface area contributed by atoms with Gasteiger partial charge in [-0.2, -0.15) is 0 Å². The Labute approximate surface area is 163 Å². The van der Waals surface area contributed by atoms with Crippen molar-refractivity contribution in [3.8, 4) is 0 Å². The lowest BCUT2D eigenvalue weighted by atomic mass is 9.99. The Bertz CT molecular complexity index is 574. The molecule has 1 aromatic carbocycles. The minimum atomic E-state index is 0.143. The maximum Gasteiger partial charge on any atom is 0.220 e. The fraction of sp³-hybridized carbons (Fsp3) is 0.619. The number of benzene rings is 1. The van der Waals surface area contributed by atoms with E-state index in [1.54, 1.807) is 11.8 Å². The van der Waals surface area contributed by atoms with Crippen LogP contribution in [0, 0.1) is 5.92 Å². The van der Waals surface area contributed by atoms with Gasteiger partial charge in [0.25, 0.3) is 0 Å². The molecule has 2 unspecified atom stereocenters. The number of rotatable bonds is 12. The van der Waals surface area contributed by atoms with Crippen LogP contribution in [0.5, 0.6) is 0 Å². The molecular weight excluding hydrogens is 342 g/mol. The van der Waals surface area contributed by atoms with E-state index in [4.69, 9.17) is 0 Å². The molecule has 1 aromatic rings. The Balaban J connectivity index is 2.49. The zero-order chi connectivity index (χ0) is 19.5. The van der Waals surface area contributed by atoms with Gasteiger partial charge in [-0.15, -0.1) is 11.8 Å². The minimum absolute atomic E-state index is 0.143. The van der Waals surface area contributed by atoms with Crippen molar-refractivity contribution in [2.45, 2.75) is 63.8 Å². The van der Waals surface area contributed by atoms with E-state index in [-0.39, 0.29) is 11.9 Å². The fourth-order valence-electron chi connectivity index (χ4n) is 2.73. The fourth-order valence-corrected chi connectivity index (χ4v) is 3.74.